The Kier molecular flexibility index (Phi) is 7.31. The number of carbonyl (C=O) groups excluding carboxylic acids is 4. The topological polar surface area (TPSA) is 92.8 Å². The van der Waals surface area contributed by atoms with E-state index in [0.29, 0.717) is 24.1 Å². The molecule has 35 heavy (non-hydrogen) atoms. The van der Waals surface area contributed by atoms with Crippen LogP contribution in [0.2, 0.25) is 0 Å². The van der Waals surface area contributed by atoms with Crippen LogP contribution in [0.25, 0.3) is 11.1 Å². The van der Waals surface area contributed by atoms with Crippen LogP contribution in [0.15, 0.2) is 72.8 Å². The van der Waals surface area contributed by atoms with Gasteiger partial charge in [0.25, 0.3) is 11.1 Å². The number of thioether (sulfide) groups is 1. The molecular weight excluding hydrogens is 464 g/mol. The number of nitrogens with one attached hydrogen (secondary N) is 1. The van der Waals surface area contributed by atoms with Crippen molar-refractivity contribution in [1.29, 1.82) is 0 Å². The largest absolute Gasteiger partial charge is 0.465 e. The van der Waals surface area contributed by atoms with Crippen molar-refractivity contribution in [1.82, 2.24) is 10.2 Å². The number of methoxy groups -OCH3 is 1. The van der Waals surface area contributed by atoms with Gasteiger partial charge < -0.3 is 9.64 Å². The van der Waals surface area contributed by atoms with E-state index >= 15 is 0 Å². The molecule has 1 atom stereocenters. The number of amides is 3. The smallest absolute Gasteiger partial charge is 0.337 e. The molecular formula is C27H24N2O5S. The van der Waals surface area contributed by atoms with Gasteiger partial charge in [-0.3, -0.25) is 19.7 Å². The second-order valence-corrected chi connectivity index (χ2v) is 9.39. The van der Waals surface area contributed by atoms with Crippen LogP contribution in [0.1, 0.15) is 31.8 Å². The van der Waals surface area contributed by atoms with Crippen molar-refractivity contribution in [3.63, 3.8) is 0 Å². The fourth-order valence-corrected chi connectivity index (χ4v) is 4.72. The molecule has 1 aliphatic rings. The van der Waals surface area contributed by atoms with Crippen LogP contribution in [-0.2, 0) is 22.5 Å². The zero-order valence-corrected chi connectivity index (χ0v) is 20.1. The summed E-state index contributed by atoms with van der Waals surface area (Å²) in [6, 6.07) is 22.3. The first-order valence-corrected chi connectivity index (χ1v) is 11.9. The normalized spacial score (nSPS) is 15.0. The van der Waals surface area contributed by atoms with Gasteiger partial charge in [0, 0.05) is 19.2 Å². The minimum absolute atomic E-state index is 0.150. The Bertz CT molecular complexity index is 1270. The molecule has 1 unspecified atom stereocenters. The summed E-state index contributed by atoms with van der Waals surface area (Å²) in [5.74, 6) is -0.835. The second kappa shape index (κ2) is 10.6. The molecule has 0 spiro atoms. The lowest BCUT2D eigenvalue weighted by molar-refractivity contribution is -0.118. The van der Waals surface area contributed by atoms with E-state index in [4.69, 9.17) is 4.74 Å². The first kappa shape index (κ1) is 24.2. The van der Waals surface area contributed by atoms with Crippen LogP contribution in [0.4, 0.5) is 4.79 Å². The molecule has 1 aliphatic heterocycles. The third kappa shape index (κ3) is 5.78. The Hall–Kier alpha value is -3.91. The molecule has 0 bridgehead atoms. The molecule has 1 heterocycles. The molecule has 1 saturated heterocycles. The van der Waals surface area contributed by atoms with Gasteiger partial charge >= 0.3 is 5.97 Å². The number of esters is 1. The molecule has 3 amide bonds. The number of hydrogen-bond acceptors (Lipinski definition) is 6. The average Bonchev–Trinajstić information content (AvgIpc) is 3.19. The number of nitrogens with zero attached hydrogens (tertiary/aromatic N) is 1. The lowest BCUT2D eigenvalue weighted by Gasteiger charge is -2.18. The van der Waals surface area contributed by atoms with E-state index in [0.717, 1.165) is 34.0 Å². The van der Waals surface area contributed by atoms with Crippen molar-refractivity contribution in [3.05, 3.63) is 95.1 Å². The van der Waals surface area contributed by atoms with E-state index in [-0.39, 0.29) is 22.3 Å². The Balaban J connectivity index is 1.41. The summed E-state index contributed by atoms with van der Waals surface area (Å²) in [6.07, 6.45) is 0.496. The highest BCUT2D eigenvalue weighted by Gasteiger charge is 2.31. The fraction of sp³-hybridized carbons (Fsp3) is 0.185. The standard InChI is InChI=1S/C27H24N2O5S/c1-29(25(31)20-10-12-21(13-11-20)26(32)34-2)16-18-4-3-5-22(14-18)19-8-6-17(7-9-19)15-23-24(30)28-27(33)35-23/h3-14,23H,15-16H2,1-2H3,(H,28,30,33). The summed E-state index contributed by atoms with van der Waals surface area (Å²) < 4.78 is 4.69. The van der Waals surface area contributed by atoms with E-state index in [1.807, 2.05) is 48.5 Å². The maximum atomic E-state index is 12.8. The van der Waals surface area contributed by atoms with Gasteiger partial charge in [0.2, 0.25) is 5.91 Å². The van der Waals surface area contributed by atoms with E-state index in [1.54, 1.807) is 36.2 Å². The maximum Gasteiger partial charge on any atom is 0.337 e. The van der Waals surface area contributed by atoms with Gasteiger partial charge in [-0.2, -0.15) is 0 Å². The average molecular weight is 489 g/mol. The summed E-state index contributed by atoms with van der Waals surface area (Å²) in [7, 11) is 3.05. The Labute approximate surface area is 207 Å². The van der Waals surface area contributed by atoms with E-state index in [2.05, 4.69) is 5.32 Å². The number of rotatable bonds is 7. The van der Waals surface area contributed by atoms with Gasteiger partial charge in [-0.15, -0.1) is 0 Å². The molecule has 1 fully saturated rings. The highest BCUT2D eigenvalue weighted by molar-refractivity contribution is 8.15. The minimum atomic E-state index is -0.444. The van der Waals surface area contributed by atoms with Crippen molar-refractivity contribution in [2.45, 2.75) is 18.2 Å². The molecule has 0 saturated carbocycles. The van der Waals surface area contributed by atoms with Crippen LogP contribution < -0.4 is 5.32 Å². The molecule has 3 aromatic carbocycles. The monoisotopic (exact) mass is 488 g/mol. The Morgan fingerprint density at radius 3 is 2.23 bits per heavy atom. The van der Waals surface area contributed by atoms with Crippen molar-refractivity contribution < 1.29 is 23.9 Å². The SMILES string of the molecule is COC(=O)c1ccc(C(=O)N(C)Cc2cccc(-c3ccc(CC4SC(=O)NC4=O)cc3)c2)cc1. The van der Waals surface area contributed by atoms with Crippen LogP contribution in [0, 0.1) is 0 Å². The molecule has 8 heteroatoms. The van der Waals surface area contributed by atoms with E-state index in [9.17, 15) is 19.2 Å². The predicted molar refractivity (Wildman–Crippen MR) is 134 cm³/mol. The molecule has 0 aliphatic carbocycles. The van der Waals surface area contributed by atoms with Crippen LogP contribution in [0.3, 0.4) is 0 Å². The number of hydrogen-bond donors (Lipinski definition) is 1. The molecule has 7 nitrogen and oxygen atoms in total. The van der Waals surface area contributed by atoms with Crippen LogP contribution in [0.5, 0.6) is 0 Å². The van der Waals surface area contributed by atoms with Crippen molar-refractivity contribution >= 4 is 34.8 Å². The van der Waals surface area contributed by atoms with Crippen LogP contribution >= 0.6 is 11.8 Å². The summed E-state index contributed by atoms with van der Waals surface area (Å²) in [6.45, 7) is 0.422. The number of carbonyl (C=O) groups is 4. The van der Waals surface area contributed by atoms with Gasteiger partial charge in [0.15, 0.2) is 0 Å². The van der Waals surface area contributed by atoms with Gasteiger partial charge in [-0.05, 0) is 59.0 Å². The second-order valence-electron chi connectivity index (χ2n) is 8.21. The van der Waals surface area contributed by atoms with Crippen molar-refractivity contribution in [2.75, 3.05) is 14.2 Å². The first-order chi connectivity index (χ1) is 16.8. The summed E-state index contributed by atoms with van der Waals surface area (Å²) >= 11 is 1.03. The van der Waals surface area contributed by atoms with Gasteiger partial charge in [-0.1, -0.05) is 54.2 Å². The first-order valence-electron chi connectivity index (χ1n) is 11.0. The third-order valence-corrected chi connectivity index (χ3v) is 6.70. The summed E-state index contributed by atoms with van der Waals surface area (Å²) in [5.41, 5.74) is 4.87. The Morgan fingerprint density at radius 2 is 1.60 bits per heavy atom. The number of imide groups is 1. The molecule has 0 aromatic heterocycles. The van der Waals surface area contributed by atoms with E-state index < -0.39 is 5.97 Å². The maximum absolute atomic E-state index is 12.8. The van der Waals surface area contributed by atoms with Gasteiger partial charge in [0.05, 0.1) is 17.9 Å². The molecule has 3 aromatic rings. The molecule has 4 rings (SSSR count). The molecule has 178 valence electrons. The predicted octanol–water partition coefficient (Wildman–Crippen LogP) is 4.31. The van der Waals surface area contributed by atoms with Crippen LogP contribution in [-0.4, -0.2) is 47.3 Å². The zero-order valence-electron chi connectivity index (χ0n) is 19.3. The van der Waals surface area contributed by atoms with E-state index in [1.165, 1.54) is 7.11 Å². The fourth-order valence-electron chi connectivity index (χ4n) is 3.86. The number of ether oxygens (including phenoxy) is 1. The summed E-state index contributed by atoms with van der Waals surface area (Å²) in [4.78, 5) is 49.2. The lowest BCUT2D eigenvalue weighted by atomic mass is 10.00. The highest BCUT2D eigenvalue weighted by Crippen LogP contribution is 2.26. The lowest BCUT2D eigenvalue weighted by Crippen LogP contribution is -2.26. The third-order valence-electron chi connectivity index (χ3n) is 5.72. The zero-order chi connectivity index (χ0) is 24.9. The molecule has 0 radical (unpaired) electrons. The quantitative estimate of drug-likeness (QED) is 0.499. The van der Waals surface area contributed by atoms with Gasteiger partial charge in [-0.25, -0.2) is 4.79 Å². The Morgan fingerprint density at radius 1 is 0.914 bits per heavy atom. The molecule has 1 N–H and O–H groups in total. The van der Waals surface area contributed by atoms with Crippen molar-refractivity contribution in [3.8, 4) is 11.1 Å². The van der Waals surface area contributed by atoms with Crippen molar-refractivity contribution in [2.24, 2.45) is 0 Å². The highest BCUT2D eigenvalue weighted by atomic mass is 32.2. The summed E-state index contributed by atoms with van der Waals surface area (Å²) in [5, 5.41) is 1.63. The number of benzene rings is 3. The van der Waals surface area contributed by atoms with Gasteiger partial charge in [0.1, 0.15) is 0 Å². The minimum Gasteiger partial charge on any atom is -0.465 e.